The van der Waals surface area contributed by atoms with E-state index in [0.29, 0.717) is 18.4 Å². The van der Waals surface area contributed by atoms with Gasteiger partial charge in [-0.1, -0.05) is 252 Å². The third-order valence-electron chi connectivity index (χ3n) is 17.5. The maximum absolute atomic E-state index is 13.5. The molecule has 1 N–H and O–H groups in total. The molecule has 0 saturated carbocycles. The highest BCUT2D eigenvalue weighted by atomic mass is 16.5. The lowest BCUT2D eigenvalue weighted by atomic mass is 9.72. The van der Waals surface area contributed by atoms with Crippen LogP contribution < -0.4 is 0 Å². The number of esters is 2. The highest BCUT2D eigenvalue weighted by Gasteiger charge is 2.32. The summed E-state index contributed by atoms with van der Waals surface area (Å²) in [5, 5.41) is 8.59. The summed E-state index contributed by atoms with van der Waals surface area (Å²) in [6, 6.07) is 0. The quantitative estimate of drug-likeness (QED) is 0.0120. The zero-order valence-electron chi connectivity index (χ0n) is 59.7. The van der Waals surface area contributed by atoms with Gasteiger partial charge in [0.15, 0.2) is 18.2 Å². The predicted molar refractivity (Wildman–Crippen MR) is 384 cm³/mol. The number of ether oxygens (including phenoxy) is 2. The molecule has 0 saturated heterocycles. The molecule has 0 aliphatic heterocycles. The van der Waals surface area contributed by atoms with Crippen molar-refractivity contribution in [3.8, 4) is 0 Å². The van der Waals surface area contributed by atoms with Crippen molar-refractivity contribution in [2.24, 2.45) is 16.7 Å². The van der Waals surface area contributed by atoms with Gasteiger partial charge >= 0.3 is 11.9 Å². The lowest BCUT2D eigenvalue weighted by molar-refractivity contribution is -0.148. The Labute approximate surface area is 555 Å². The van der Waals surface area contributed by atoms with Gasteiger partial charge in [0.1, 0.15) is 24.9 Å². The summed E-state index contributed by atoms with van der Waals surface area (Å²) in [4.78, 5) is 75.4. The minimum Gasteiger partial charge on any atom is -0.461 e. The molecule has 91 heavy (non-hydrogen) atoms. The van der Waals surface area contributed by atoms with E-state index in [9.17, 15) is 28.8 Å². The summed E-state index contributed by atoms with van der Waals surface area (Å²) < 4.78 is 10.2. The van der Waals surface area contributed by atoms with Gasteiger partial charge < -0.3 is 14.6 Å². The fourth-order valence-corrected chi connectivity index (χ4v) is 11.7. The molecule has 2 rings (SSSR count). The Morgan fingerprint density at radius 3 is 1.25 bits per heavy atom. The van der Waals surface area contributed by atoms with Crippen molar-refractivity contribution in [3.05, 3.63) is 142 Å². The Bertz CT molecular complexity index is 2540. The van der Waals surface area contributed by atoms with E-state index in [1.165, 1.54) is 156 Å². The molecule has 0 aromatic heterocycles. The van der Waals surface area contributed by atoms with Crippen LogP contribution in [0.15, 0.2) is 142 Å². The molecule has 2 aliphatic carbocycles. The first-order chi connectivity index (χ1) is 43.6. The molecule has 0 spiro atoms. The van der Waals surface area contributed by atoms with Gasteiger partial charge in [-0.05, 0) is 177 Å². The summed E-state index contributed by atoms with van der Waals surface area (Å²) in [5.74, 6) is -4.53. The van der Waals surface area contributed by atoms with Crippen molar-refractivity contribution < 1.29 is 43.3 Å². The molecule has 0 heterocycles. The van der Waals surface area contributed by atoms with Crippen LogP contribution in [0, 0.1) is 16.7 Å². The first kappa shape index (κ1) is 83.5. The minimum absolute atomic E-state index is 0.128. The lowest BCUT2D eigenvalue weighted by Crippen LogP contribution is -2.34. The molecule has 1 atom stereocenters. The van der Waals surface area contributed by atoms with Crippen molar-refractivity contribution >= 4 is 35.1 Å². The average Bonchev–Trinajstić information content (AvgIpc) is 1.28. The molecule has 0 aromatic rings. The second kappa shape index (κ2) is 51.9. The standard InChI is InChI=1S/C59H96O5.C23H32O4/c1-8-10-12-14-16-18-20-22-24-26-28-30-32-34-36-43-55(60)53(58(63)56(61)44-37-35-33-31-29-27-25-23-21-19-17-15-13-11-9-2)49-64-57(62)48-51(4)41-38-40-50(3)45-46-54-52(5)42-39-47-59(54,6)7;1-17(11-12-21-19(3)10-7-13-23(21,4)5)8-6-9-18(2)14-22(26)27-16-20(25)15-24/h22-25,38,40-41,45-46,48,53H,8-21,26-37,39,42-44,47,49H2,1-7H3;6,8-9,11-12,14,24H,7,10,13,15-16H2,1-5H3/b24-22-,25-23-,41-38?,46-45?,50-40?,51-48-;9-6?,12-11?,17-8?,18-14-. The third-order valence-corrected chi connectivity index (χ3v) is 17.5. The van der Waals surface area contributed by atoms with Crippen LogP contribution in [0.25, 0.3) is 0 Å². The third kappa shape index (κ3) is 42.3. The Balaban J connectivity index is 0.00000127. The molecule has 0 amide bonds. The largest absolute Gasteiger partial charge is 0.461 e. The molecule has 0 fully saturated rings. The zero-order chi connectivity index (χ0) is 67.6. The van der Waals surface area contributed by atoms with Crippen molar-refractivity contribution in [2.75, 3.05) is 19.8 Å². The van der Waals surface area contributed by atoms with Crippen LogP contribution in [0.1, 0.15) is 301 Å². The van der Waals surface area contributed by atoms with Gasteiger partial charge in [0.2, 0.25) is 5.78 Å². The van der Waals surface area contributed by atoms with Crippen LogP contribution in [0.2, 0.25) is 0 Å². The number of aliphatic hydroxyl groups excluding tert-OH is 1. The second-order valence-electron chi connectivity index (χ2n) is 27.3. The van der Waals surface area contributed by atoms with Crippen molar-refractivity contribution in [3.63, 3.8) is 0 Å². The Kier molecular flexibility index (Phi) is 47.6. The van der Waals surface area contributed by atoms with E-state index in [2.05, 4.69) is 111 Å². The van der Waals surface area contributed by atoms with E-state index >= 15 is 0 Å². The van der Waals surface area contributed by atoms with Gasteiger partial charge in [0, 0.05) is 25.0 Å². The maximum Gasteiger partial charge on any atom is 0.331 e. The van der Waals surface area contributed by atoms with E-state index in [4.69, 9.17) is 14.6 Å². The molecule has 9 heteroatoms. The van der Waals surface area contributed by atoms with Crippen LogP contribution in [0.4, 0.5) is 0 Å². The average molecular weight is 1260 g/mol. The van der Waals surface area contributed by atoms with Crippen LogP contribution in [-0.4, -0.2) is 60.0 Å². The second-order valence-corrected chi connectivity index (χ2v) is 27.3. The Morgan fingerprint density at radius 1 is 0.484 bits per heavy atom. The zero-order valence-corrected chi connectivity index (χ0v) is 59.7. The summed E-state index contributed by atoms with van der Waals surface area (Å²) in [6.45, 7) is 24.5. The summed E-state index contributed by atoms with van der Waals surface area (Å²) in [7, 11) is 0. The van der Waals surface area contributed by atoms with Crippen LogP contribution in [-0.2, 0) is 38.2 Å². The number of aliphatic hydroxyl groups is 1. The van der Waals surface area contributed by atoms with Crippen LogP contribution in [0.3, 0.4) is 0 Å². The van der Waals surface area contributed by atoms with Gasteiger partial charge in [-0.15, -0.1) is 0 Å². The van der Waals surface area contributed by atoms with Gasteiger partial charge in [-0.3, -0.25) is 19.2 Å². The van der Waals surface area contributed by atoms with E-state index in [0.717, 1.165) is 87.3 Å². The van der Waals surface area contributed by atoms with E-state index in [1.807, 2.05) is 50.3 Å². The Hall–Kier alpha value is -5.54. The fraction of sp³-hybridized carbons (Fsp3) is 0.634. The number of unbranched alkanes of at least 4 members (excludes halogenated alkanes) is 22. The maximum atomic E-state index is 13.5. The molecule has 0 aromatic carbocycles. The normalized spacial score (nSPS) is 16.3. The predicted octanol–water partition coefficient (Wildman–Crippen LogP) is 22.1. The first-order valence-electron chi connectivity index (χ1n) is 35.8. The highest BCUT2D eigenvalue weighted by molar-refractivity contribution is 6.41. The minimum atomic E-state index is -1.24. The monoisotopic (exact) mass is 1260 g/mol. The van der Waals surface area contributed by atoms with Crippen LogP contribution >= 0.6 is 0 Å². The van der Waals surface area contributed by atoms with Gasteiger partial charge in [0.05, 0.1) is 0 Å². The molecule has 9 nitrogen and oxygen atoms in total. The molecule has 0 radical (unpaired) electrons. The summed E-state index contributed by atoms with van der Waals surface area (Å²) in [5.41, 5.74) is 9.83. The van der Waals surface area contributed by atoms with Crippen molar-refractivity contribution in [2.45, 2.75) is 301 Å². The van der Waals surface area contributed by atoms with Crippen LogP contribution in [0.5, 0.6) is 0 Å². The highest BCUT2D eigenvalue weighted by Crippen LogP contribution is 2.42. The number of ketones is 4. The Morgan fingerprint density at radius 2 is 0.857 bits per heavy atom. The summed E-state index contributed by atoms with van der Waals surface area (Å²) >= 11 is 0. The van der Waals surface area contributed by atoms with Crippen molar-refractivity contribution in [1.29, 1.82) is 0 Å². The van der Waals surface area contributed by atoms with Gasteiger partial charge in [0.25, 0.3) is 0 Å². The summed E-state index contributed by atoms with van der Waals surface area (Å²) in [6.07, 6.45) is 69.7. The van der Waals surface area contributed by atoms with E-state index in [1.54, 1.807) is 6.92 Å². The van der Waals surface area contributed by atoms with E-state index < -0.39 is 55.0 Å². The number of Topliss-reactive ketones (excluding diaryl/α,β-unsaturated/α-hetero) is 4. The smallest absolute Gasteiger partial charge is 0.331 e. The van der Waals surface area contributed by atoms with Crippen molar-refractivity contribution in [1.82, 2.24) is 0 Å². The molecular weight excluding hydrogens is 1130 g/mol. The number of carbonyl (C=O) groups is 6. The van der Waals surface area contributed by atoms with E-state index in [-0.39, 0.29) is 29.5 Å². The molecule has 0 bridgehead atoms. The molecular formula is C82H128O9. The number of hydrogen-bond donors (Lipinski definition) is 1. The molecule has 2 aliphatic rings. The van der Waals surface area contributed by atoms with Gasteiger partial charge in [-0.25, -0.2) is 9.59 Å². The number of allylic oxidation sites excluding steroid dienone is 22. The molecule has 1 unspecified atom stereocenters. The first-order valence-corrected chi connectivity index (χ1v) is 35.8. The number of hydrogen-bond acceptors (Lipinski definition) is 9. The lowest BCUT2D eigenvalue weighted by Gasteiger charge is -2.33. The SMILES string of the molecule is CC(C=CC1=C(C)CCCC1(C)C)=CC=C/C(C)=C\C(=O)OCC(=O)CO.CCCCCCCC/C=C\CCCCCCCC(=O)C(=O)C(COC(=O)/C=C(/C)C=CC=C(C)C=CC1=C(C)CCCC1(C)C)C(=O)CCCCCCC/C=C\CCCCCCCC. The van der Waals surface area contributed by atoms with Gasteiger partial charge in [-0.2, -0.15) is 0 Å². The number of carbonyl (C=O) groups excluding carboxylic acids is 6. The number of rotatable bonds is 48. The topological polar surface area (TPSA) is 141 Å². The fourth-order valence-electron chi connectivity index (χ4n) is 11.7. The molecule has 510 valence electrons.